The molecule has 1 saturated carbocycles. The first-order valence-electron chi connectivity index (χ1n) is 12.0. The number of sulfonamides is 1. The molecule has 0 radical (unpaired) electrons. The number of imidazole rings is 1. The standard InChI is InChI=1S/C24H35N5O5S/c1-16-10-29(17(2)14-30)24(31)19-6-5-7-20(26-35(32,33)22-13-28(4)15-25-22)23(19)34-21(16)12-27(3)11-18-8-9-18/h5-7,13,15-18,21,26,30H,8-12,14H2,1-4H3/t16-,17+,21-/m0/s1. The number of aromatic nitrogens is 2. The van der Waals surface area contributed by atoms with Crippen molar-refractivity contribution in [2.75, 3.05) is 38.0 Å². The summed E-state index contributed by atoms with van der Waals surface area (Å²) in [5, 5.41) is 9.69. The molecule has 0 spiro atoms. The normalized spacial score (nSPS) is 21.8. The van der Waals surface area contributed by atoms with Crippen molar-refractivity contribution in [1.29, 1.82) is 0 Å². The lowest BCUT2D eigenvalue weighted by atomic mass is 9.99. The molecule has 2 N–H and O–H groups in total. The molecule has 11 heteroatoms. The van der Waals surface area contributed by atoms with Gasteiger partial charge in [-0.2, -0.15) is 8.42 Å². The first kappa shape index (κ1) is 25.5. The van der Waals surface area contributed by atoms with Crippen molar-refractivity contribution in [1.82, 2.24) is 19.4 Å². The number of para-hydroxylation sites is 1. The van der Waals surface area contributed by atoms with E-state index in [1.807, 2.05) is 6.92 Å². The Morgan fingerprint density at radius 2 is 2.06 bits per heavy atom. The summed E-state index contributed by atoms with van der Waals surface area (Å²) in [4.78, 5) is 21.4. The Labute approximate surface area is 206 Å². The minimum Gasteiger partial charge on any atom is -0.486 e. The Morgan fingerprint density at radius 1 is 1.31 bits per heavy atom. The third-order valence-corrected chi connectivity index (χ3v) is 7.90. The third kappa shape index (κ3) is 5.79. The number of ether oxygens (including phenoxy) is 1. The molecule has 2 heterocycles. The summed E-state index contributed by atoms with van der Waals surface area (Å²) in [6, 6.07) is 4.45. The van der Waals surface area contributed by atoms with Crippen LogP contribution in [-0.2, 0) is 17.1 Å². The molecule has 2 aliphatic rings. The van der Waals surface area contributed by atoms with E-state index in [0.717, 1.165) is 6.54 Å². The second-order valence-corrected chi connectivity index (χ2v) is 11.6. The highest BCUT2D eigenvalue weighted by Crippen LogP contribution is 2.36. The number of carbonyl (C=O) groups is 1. The molecule has 1 aromatic heterocycles. The second-order valence-electron chi connectivity index (χ2n) is 9.95. The molecule has 1 fully saturated rings. The quantitative estimate of drug-likeness (QED) is 0.534. The van der Waals surface area contributed by atoms with Gasteiger partial charge in [0.05, 0.1) is 30.2 Å². The molecule has 4 rings (SSSR count). The summed E-state index contributed by atoms with van der Waals surface area (Å²) in [7, 11) is -0.252. The molecule has 1 aliphatic carbocycles. The number of fused-ring (bicyclic) bond motifs is 1. The third-order valence-electron chi connectivity index (χ3n) is 6.65. The van der Waals surface area contributed by atoms with Gasteiger partial charge in [0.15, 0.2) is 10.8 Å². The van der Waals surface area contributed by atoms with Gasteiger partial charge in [0.2, 0.25) is 0 Å². The van der Waals surface area contributed by atoms with Crippen LogP contribution in [0.15, 0.2) is 35.7 Å². The number of benzene rings is 1. The summed E-state index contributed by atoms with van der Waals surface area (Å²) in [6.07, 6.45) is 5.00. The van der Waals surface area contributed by atoms with Gasteiger partial charge in [0.1, 0.15) is 6.10 Å². The van der Waals surface area contributed by atoms with Crippen molar-refractivity contribution < 1.29 is 23.1 Å². The van der Waals surface area contributed by atoms with E-state index in [2.05, 4.69) is 21.7 Å². The van der Waals surface area contributed by atoms with Crippen LogP contribution in [-0.4, -0.2) is 84.2 Å². The van der Waals surface area contributed by atoms with Gasteiger partial charge >= 0.3 is 0 Å². The number of hydrogen-bond acceptors (Lipinski definition) is 7. The Kier molecular flexibility index (Phi) is 7.39. The lowest BCUT2D eigenvalue weighted by molar-refractivity contribution is 0.0346. The van der Waals surface area contributed by atoms with Gasteiger partial charge in [-0.25, -0.2) is 4.98 Å². The van der Waals surface area contributed by atoms with Crippen molar-refractivity contribution in [2.24, 2.45) is 18.9 Å². The van der Waals surface area contributed by atoms with Gasteiger partial charge in [-0.05, 0) is 44.9 Å². The Hall–Kier alpha value is -2.63. The molecule has 3 atom stereocenters. The Bertz CT molecular complexity index is 1160. The number of rotatable bonds is 9. The fourth-order valence-electron chi connectivity index (χ4n) is 4.39. The molecule has 1 amide bonds. The van der Waals surface area contributed by atoms with Gasteiger partial charge in [0, 0.05) is 38.8 Å². The largest absolute Gasteiger partial charge is 0.486 e. The number of anilines is 1. The van der Waals surface area contributed by atoms with Crippen molar-refractivity contribution in [3.63, 3.8) is 0 Å². The first-order valence-corrected chi connectivity index (χ1v) is 13.5. The lowest BCUT2D eigenvalue weighted by Crippen LogP contribution is -2.50. The molecule has 10 nitrogen and oxygen atoms in total. The number of aliphatic hydroxyl groups excluding tert-OH is 1. The van der Waals surface area contributed by atoms with Crippen LogP contribution in [0.3, 0.4) is 0 Å². The van der Waals surface area contributed by atoms with Crippen molar-refractivity contribution in [3.8, 4) is 5.75 Å². The van der Waals surface area contributed by atoms with Crippen LogP contribution in [0.1, 0.15) is 37.0 Å². The average molecular weight is 506 g/mol. The van der Waals surface area contributed by atoms with Crippen LogP contribution in [0.2, 0.25) is 0 Å². The van der Waals surface area contributed by atoms with Crippen LogP contribution < -0.4 is 9.46 Å². The van der Waals surface area contributed by atoms with E-state index in [0.29, 0.717) is 19.0 Å². The molecule has 192 valence electrons. The second kappa shape index (κ2) is 10.2. The molecule has 1 aliphatic heterocycles. The lowest BCUT2D eigenvalue weighted by Gasteiger charge is -2.38. The summed E-state index contributed by atoms with van der Waals surface area (Å²) in [6.45, 7) is 5.68. The number of hydrogen-bond donors (Lipinski definition) is 2. The van der Waals surface area contributed by atoms with E-state index >= 15 is 0 Å². The first-order chi connectivity index (χ1) is 16.6. The Morgan fingerprint density at radius 3 is 2.69 bits per heavy atom. The fraction of sp³-hybridized carbons (Fsp3) is 0.583. The number of carbonyl (C=O) groups excluding carboxylic acids is 1. The minimum absolute atomic E-state index is 0.0526. The smallest absolute Gasteiger partial charge is 0.281 e. The molecule has 0 saturated heterocycles. The highest BCUT2D eigenvalue weighted by Gasteiger charge is 2.35. The summed E-state index contributed by atoms with van der Waals surface area (Å²) in [5.41, 5.74) is 0.440. The predicted octanol–water partition coefficient (Wildman–Crippen LogP) is 1.78. The summed E-state index contributed by atoms with van der Waals surface area (Å²) >= 11 is 0. The molecule has 0 bridgehead atoms. The van der Waals surface area contributed by atoms with Gasteiger partial charge < -0.3 is 24.2 Å². The number of aliphatic hydroxyl groups is 1. The molecule has 2 aromatic rings. The number of amides is 1. The summed E-state index contributed by atoms with van der Waals surface area (Å²) < 4.78 is 36.6. The molecular formula is C24H35N5O5S. The zero-order valence-electron chi connectivity index (χ0n) is 20.7. The van der Waals surface area contributed by atoms with E-state index < -0.39 is 16.1 Å². The molecule has 0 unspecified atom stereocenters. The number of nitrogens with one attached hydrogen (secondary N) is 1. The van der Waals surface area contributed by atoms with Crippen LogP contribution in [0.25, 0.3) is 0 Å². The highest BCUT2D eigenvalue weighted by molar-refractivity contribution is 7.92. The van der Waals surface area contributed by atoms with Crippen LogP contribution >= 0.6 is 0 Å². The van der Waals surface area contributed by atoms with E-state index in [1.54, 1.807) is 41.6 Å². The minimum atomic E-state index is -4.00. The fourth-order valence-corrected chi connectivity index (χ4v) is 5.43. The summed E-state index contributed by atoms with van der Waals surface area (Å²) in [5.74, 6) is 0.549. The molecular weight excluding hydrogens is 470 g/mol. The number of nitrogens with zero attached hydrogens (tertiary/aromatic N) is 4. The zero-order valence-corrected chi connectivity index (χ0v) is 21.5. The zero-order chi connectivity index (χ0) is 25.3. The number of likely N-dealkylation sites (N-methyl/N-ethyl adjacent to an activating group) is 1. The van der Waals surface area contributed by atoms with Crippen LogP contribution in [0, 0.1) is 11.8 Å². The van der Waals surface area contributed by atoms with Crippen molar-refractivity contribution in [2.45, 2.75) is 43.9 Å². The Balaban J connectivity index is 1.72. The maximum Gasteiger partial charge on any atom is 0.281 e. The van der Waals surface area contributed by atoms with Gasteiger partial charge in [-0.1, -0.05) is 13.0 Å². The molecule has 35 heavy (non-hydrogen) atoms. The van der Waals surface area contributed by atoms with Gasteiger partial charge in [-0.15, -0.1) is 0 Å². The monoisotopic (exact) mass is 505 g/mol. The van der Waals surface area contributed by atoms with E-state index in [1.165, 1.54) is 25.4 Å². The van der Waals surface area contributed by atoms with Crippen molar-refractivity contribution >= 4 is 21.6 Å². The van der Waals surface area contributed by atoms with Gasteiger partial charge in [-0.3, -0.25) is 9.52 Å². The SMILES string of the molecule is C[C@H](CO)N1C[C@H](C)[C@H](CN(C)CC2CC2)Oc2c(NS(=O)(=O)c3cn(C)cn3)cccc2C1=O. The van der Waals surface area contributed by atoms with Crippen LogP contribution in [0.5, 0.6) is 5.75 Å². The number of aryl methyl sites for hydroxylation is 1. The van der Waals surface area contributed by atoms with E-state index in [4.69, 9.17) is 4.74 Å². The van der Waals surface area contributed by atoms with E-state index in [-0.39, 0.29) is 46.6 Å². The van der Waals surface area contributed by atoms with Crippen molar-refractivity contribution in [3.05, 3.63) is 36.3 Å². The highest BCUT2D eigenvalue weighted by atomic mass is 32.2. The maximum atomic E-state index is 13.5. The average Bonchev–Trinajstić information content (AvgIpc) is 3.51. The topological polar surface area (TPSA) is 117 Å². The molecule has 1 aromatic carbocycles. The maximum absolute atomic E-state index is 13.5. The predicted molar refractivity (Wildman–Crippen MR) is 132 cm³/mol. The van der Waals surface area contributed by atoms with Crippen LogP contribution in [0.4, 0.5) is 5.69 Å². The van der Waals surface area contributed by atoms with Gasteiger partial charge in [0.25, 0.3) is 15.9 Å². The van der Waals surface area contributed by atoms with E-state index in [9.17, 15) is 18.3 Å².